The van der Waals surface area contributed by atoms with E-state index in [1.54, 1.807) is 12.3 Å². The normalized spacial score (nSPS) is 11.9. The number of hydrogen-bond acceptors (Lipinski definition) is 4. The van der Waals surface area contributed by atoms with Gasteiger partial charge in [-0.1, -0.05) is 0 Å². The number of pyridine rings is 1. The molecule has 1 atom stereocenters. The van der Waals surface area contributed by atoms with Crippen molar-refractivity contribution in [1.82, 2.24) is 10.3 Å². The van der Waals surface area contributed by atoms with Gasteiger partial charge in [-0.15, -0.1) is 11.8 Å². The van der Waals surface area contributed by atoms with Gasteiger partial charge >= 0.3 is 5.97 Å². The smallest absolute Gasteiger partial charge is 0.327 e. The van der Waals surface area contributed by atoms with Crippen LogP contribution in [0.5, 0.6) is 0 Å². The number of halogens is 1. The molecule has 0 aromatic carbocycles. The first-order chi connectivity index (χ1) is 8.00. The summed E-state index contributed by atoms with van der Waals surface area (Å²) in [6.45, 7) is 1.29. The molecule has 0 fully saturated rings. The molecule has 1 rings (SSSR count). The lowest BCUT2D eigenvalue weighted by atomic mass is 10.3. The summed E-state index contributed by atoms with van der Waals surface area (Å²) in [5.74, 6) is -1.19. The van der Waals surface area contributed by atoms with Gasteiger partial charge in [0.25, 0.3) is 0 Å². The van der Waals surface area contributed by atoms with Crippen molar-refractivity contribution in [2.75, 3.05) is 5.75 Å². The van der Waals surface area contributed by atoms with Gasteiger partial charge in [0.1, 0.15) is 11.1 Å². The zero-order chi connectivity index (χ0) is 12.8. The highest BCUT2D eigenvalue weighted by Gasteiger charge is 2.19. The Kier molecular flexibility index (Phi) is 5.43. The van der Waals surface area contributed by atoms with Crippen LogP contribution in [-0.4, -0.2) is 33.8 Å². The minimum Gasteiger partial charge on any atom is -0.480 e. The van der Waals surface area contributed by atoms with Crippen LogP contribution in [0.2, 0.25) is 0 Å². The van der Waals surface area contributed by atoms with E-state index in [1.807, 2.05) is 6.07 Å². The molecule has 0 radical (unpaired) electrons. The predicted molar refractivity (Wildman–Crippen MR) is 67.9 cm³/mol. The lowest BCUT2D eigenvalue weighted by Gasteiger charge is -2.12. The number of rotatable bonds is 5. The number of aromatic nitrogens is 1. The molecule has 92 valence electrons. The number of carboxylic acid groups (broad SMARTS) is 1. The van der Waals surface area contributed by atoms with Crippen molar-refractivity contribution in [3.8, 4) is 0 Å². The van der Waals surface area contributed by atoms with Gasteiger partial charge in [-0.2, -0.15) is 0 Å². The maximum Gasteiger partial charge on any atom is 0.327 e. The van der Waals surface area contributed by atoms with Gasteiger partial charge in [0.2, 0.25) is 5.91 Å². The standard InChI is InChI=1S/C10H11BrN2O3S/c1-6(14)13-8(10(15)16)5-17-9-7(11)3-2-4-12-9/h2-4,8H,5H2,1H3,(H,13,14)(H,15,16). The molecule has 1 aromatic heterocycles. The molecule has 1 aromatic rings. The SMILES string of the molecule is CC(=O)NC(CSc1ncccc1Br)C(=O)O. The fraction of sp³-hybridized carbons (Fsp3) is 0.300. The third kappa shape index (κ3) is 4.74. The molecule has 17 heavy (non-hydrogen) atoms. The number of carbonyl (C=O) groups excluding carboxylic acids is 1. The Morgan fingerprint density at radius 1 is 1.65 bits per heavy atom. The highest BCUT2D eigenvalue weighted by Crippen LogP contribution is 2.24. The number of aliphatic carboxylic acids is 1. The molecule has 0 bridgehead atoms. The fourth-order valence-electron chi connectivity index (χ4n) is 1.06. The number of nitrogens with one attached hydrogen (secondary N) is 1. The van der Waals surface area contributed by atoms with E-state index in [9.17, 15) is 9.59 Å². The van der Waals surface area contributed by atoms with Crippen molar-refractivity contribution in [3.63, 3.8) is 0 Å². The number of hydrogen-bond donors (Lipinski definition) is 2. The third-order valence-electron chi connectivity index (χ3n) is 1.79. The molecule has 0 aliphatic carbocycles. The second-order valence-corrected chi connectivity index (χ2v) is 5.06. The van der Waals surface area contributed by atoms with E-state index in [1.165, 1.54) is 18.7 Å². The van der Waals surface area contributed by atoms with E-state index in [-0.39, 0.29) is 11.7 Å². The lowest BCUT2D eigenvalue weighted by Crippen LogP contribution is -2.41. The van der Waals surface area contributed by atoms with Crippen molar-refractivity contribution in [1.29, 1.82) is 0 Å². The highest BCUT2D eigenvalue weighted by molar-refractivity contribution is 9.10. The second kappa shape index (κ2) is 6.61. The van der Waals surface area contributed by atoms with Gasteiger partial charge in [0, 0.05) is 23.3 Å². The molecule has 1 unspecified atom stereocenters. The first-order valence-corrected chi connectivity index (χ1v) is 6.51. The Balaban J connectivity index is 2.61. The summed E-state index contributed by atoms with van der Waals surface area (Å²) >= 11 is 4.59. The molecule has 1 heterocycles. The average Bonchev–Trinajstić information content (AvgIpc) is 2.25. The molecule has 7 heteroatoms. The van der Waals surface area contributed by atoms with Crippen LogP contribution in [0.25, 0.3) is 0 Å². The van der Waals surface area contributed by atoms with Crippen LogP contribution >= 0.6 is 27.7 Å². The minimum absolute atomic E-state index is 0.227. The van der Waals surface area contributed by atoms with Gasteiger partial charge in [0.05, 0.1) is 0 Å². The van der Waals surface area contributed by atoms with Crippen molar-refractivity contribution in [2.45, 2.75) is 18.0 Å². The van der Waals surface area contributed by atoms with Crippen molar-refractivity contribution in [2.24, 2.45) is 0 Å². The van der Waals surface area contributed by atoms with Crippen molar-refractivity contribution < 1.29 is 14.7 Å². The topological polar surface area (TPSA) is 79.3 Å². The molecule has 0 aliphatic rings. The summed E-state index contributed by atoms with van der Waals surface area (Å²) in [6, 6.07) is 2.69. The molecule has 2 N–H and O–H groups in total. The molecular weight excluding hydrogens is 308 g/mol. The van der Waals surface area contributed by atoms with E-state index in [0.717, 1.165) is 4.47 Å². The molecule has 0 saturated carbocycles. The summed E-state index contributed by atoms with van der Waals surface area (Å²) in [7, 11) is 0. The van der Waals surface area contributed by atoms with E-state index < -0.39 is 12.0 Å². The number of amides is 1. The van der Waals surface area contributed by atoms with Crippen molar-refractivity contribution in [3.05, 3.63) is 22.8 Å². The molecular formula is C10H11BrN2O3S. The van der Waals surface area contributed by atoms with Crippen LogP contribution in [-0.2, 0) is 9.59 Å². The maximum atomic E-state index is 10.9. The lowest BCUT2D eigenvalue weighted by molar-refractivity contribution is -0.140. The Labute approximate surface area is 111 Å². The zero-order valence-corrected chi connectivity index (χ0v) is 11.4. The van der Waals surface area contributed by atoms with E-state index in [0.29, 0.717) is 5.03 Å². The number of nitrogens with zero attached hydrogens (tertiary/aromatic N) is 1. The summed E-state index contributed by atoms with van der Waals surface area (Å²) in [4.78, 5) is 25.8. The van der Waals surface area contributed by atoms with E-state index in [4.69, 9.17) is 5.11 Å². The van der Waals surface area contributed by atoms with E-state index >= 15 is 0 Å². The van der Waals surface area contributed by atoms with Crippen molar-refractivity contribution >= 4 is 39.6 Å². The van der Waals surface area contributed by atoms with Crippen LogP contribution in [0.15, 0.2) is 27.8 Å². The molecule has 0 spiro atoms. The molecule has 1 amide bonds. The van der Waals surface area contributed by atoms with Gasteiger partial charge in [-0.05, 0) is 28.1 Å². The fourth-order valence-corrected chi connectivity index (χ4v) is 2.55. The maximum absolute atomic E-state index is 10.9. The minimum atomic E-state index is -1.06. The quantitative estimate of drug-likeness (QED) is 0.805. The summed E-state index contributed by atoms with van der Waals surface area (Å²) in [5, 5.41) is 12.0. The van der Waals surface area contributed by atoms with Gasteiger partial charge in [-0.25, -0.2) is 9.78 Å². The summed E-state index contributed by atoms with van der Waals surface area (Å²) in [6.07, 6.45) is 1.63. The van der Waals surface area contributed by atoms with Gasteiger partial charge in [-0.3, -0.25) is 4.79 Å². The number of carboxylic acids is 1. The van der Waals surface area contributed by atoms with Crippen LogP contribution in [0.4, 0.5) is 0 Å². The predicted octanol–water partition coefficient (Wildman–Crippen LogP) is 1.53. The summed E-state index contributed by atoms with van der Waals surface area (Å²) in [5.41, 5.74) is 0. The monoisotopic (exact) mass is 318 g/mol. The molecule has 0 saturated heterocycles. The first-order valence-electron chi connectivity index (χ1n) is 4.74. The number of thioether (sulfide) groups is 1. The van der Waals surface area contributed by atoms with Crippen LogP contribution in [0, 0.1) is 0 Å². The van der Waals surface area contributed by atoms with Crippen LogP contribution in [0.3, 0.4) is 0 Å². The first kappa shape index (κ1) is 14.0. The van der Waals surface area contributed by atoms with Crippen LogP contribution < -0.4 is 5.32 Å². The van der Waals surface area contributed by atoms with Gasteiger partial charge in [0.15, 0.2) is 0 Å². The Bertz CT molecular complexity index is 428. The third-order valence-corrected chi connectivity index (χ3v) is 3.79. The largest absolute Gasteiger partial charge is 0.480 e. The second-order valence-electron chi connectivity index (χ2n) is 3.19. The highest BCUT2D eigenvalue weighted by atomic mass is 79.9. The summed E-state index contributed by atoms with van der Waals surface area (Å²) < 4.78 is 0.803. The number of carbonyl (C=O) groups is 2. The Hall–Kier alpha value is -1.08. The molecule has 0 aliphatic heterocycles. The average molecular weight is 319 g/mol. The Morgan fingerprint density at radius 3 is 2.88 bits per heavy atom. The van der Waals surface area contributed by atoms with E-state index in [2.05, 4.69) is 26.2 Å². The molecule has 5 nitrogen and oxygen atoms in total. The van der Waals surface area contributed by atoms with Gasteiger partial charge < -0.3 is 10.4 Å². The Morgan fingerprint density at radius 2 is 2.35 bits per heavy atom. The zero-order valence-electron chi connectivity index (χ0n) is 9.01. The van der Waals surface area contributed by atoms with Crippen LogP contribution in [0.1, 0.15) is 6.92 Å².